The van der Waals surface area contributed by atoms with Crippen molar-refractivity contribution in [2.75, 3.05) is 32.0 Å². The summed E-state index contributed by atoms with van der Waals surface area (Å²) in [5.74, 6) is 1.90. The fourth-order valence-electron chi connectivity index (χ4n) is 2.70. The number of carbonyl (C=O) groups excluding carboxylic acids is 1. The highest BCUT2D eigenvalue weighted by Gasteiger charge is 2.12. The average molecular weight is 394 g/mol. The summed E-state index contributed by atoms with van der Waals surface area (Å²) in [7, 11) is 4.54. The lowest BCUT2D eigenvalue weighted by Crippen LogP contribution is -2.08. The van der Waals surface area contributed by atoms with Crippen LogP contribution in [0, 0.1) is 0 Å². The molecule has 0 aliphatic heterocycles. The summed E-state index contributed by atoms with van der Waals surface area (Å²) in [5, 5.41) is 6.31. The molecule has 29 heavy (non-hydrogen) atoms. The van der Waals surface area contributed by atoms with Gasteiger partial charge >= 0.3 is 5.97 Å². The number of ether oxygens (including phenoxy) is 3. The van der Waals surface area contributed by atoms with Crippen molar-refractivity contribution in [2.45, 2.75) is 6.54 Å². The predicted molar refractivity (Wildman–Crippen MR) is 110 cm³/mol. The number of esters is 1. The second kappa shape index (κ2) is 9.41. The number of aromatic nitrogens is 2. The molecule has 0 saturated carbocycles. The number of hydrogen-bond donors (Lipinski definition) is 2. The molecule has 0 bridgehead atoms. The first-order valence-corrected chi connectivity index (χ1v) is 8.86. The third-order valence-electron chi connectivity index (χ3n) is 4.16. The maximum absolute atomic E-state index is 11.9. The van der Waals surface area contributed by atoms with Crippen LogP contribution in [-0.2, 0) is 11.3 Å². The molecule has 8 heteroatoms. The van der Waals surface area contributed by atoms with Gasteiger partial charge in [0.2, 0.25) is 5.95 Å². The number of anilines is 3. The zero-order valence-electron chi connectivity index (χ0n) is 16.4. The van der Waals surface area contributed by atoms with Crippen molar-refractivity contribution in [1.29, 1.82) is 0 Å². The van der Waals surface area contributed by atoms with Crippen LogP contribution in [0.25, 0.3) is 0 Å². The SMILES string of the molecule is COC(=O)c1ccccc1Nc1nccc(NCc2ccc(OC)c(OC)c2)n1. The number of nitrogens with one attached hydrogen (secondary N) is 2. The highest BCUT2D eigenvalue weighted by Crippen LogP contribution is 2.28. The Bertz CT molecular complexity index is 994. The van der Waals surface area contributed by atoms with E-state index < -0.39 is 5.97 Å². The van der Waals surface area contributed by atoms with Crippen LogP contribution in [-0.4, -0.2) is 37.3 Å². The Balaban J connectivity index is 1.72. The van der Waals surface area contributed by atoms with Crippen molar-refractivity contribution in [1.82, 2.24) is 9.97 Å². The average Bonchev–Trinajstić information content (AvgIpc) is 2.77. The molecule has 3 rings (SSSR count). The largest absolute Gasteiger partial charge is 0.493 e. The second-order valence-electron chi connectivity index (χ2n) is 5.97. The van der Waals surface area contributed by atoms with Gasteiger partial charge in [0.1, 0.15) is 5.82 Å². The van der Waals surface area contributed by atoms with E-state index in [0.717, 1.165) is 5.56 Å². The van der Waals surface area contributed by atoms with E-state index >= 15 is 0 Å². The van der Waals surface area contributed by atoms with E-state index in [9.17, 15) is 4.79 Å². The molecule has 0 atom stereocenters. The third-order valence-corrected chi connectivity index (χ3v) is 4.16. The molecule has 0 fully saturated rings. The van der Waals surface area contributed by atoms with Crippen molar-refractivity contribution in [3.8, 4) is 11.5 Å². The molecule has 0 amide bonds. The Morgan fingerprint density at radius 2 is 1.79 bits per heavy atom. The fraction of sp³-hybridized carbons (Fsp3) is 0.190. The van der Waals surface area contributed by atoms with Crippen LogP contribution in [0.1, 0.15) is 15.9 Å². The molecule has 2 aromatic carbocycles. The quantitative estimate of drug-likeness (QED) is 0.559. The van der Waals surface area contributed by atoms with Crippen LogP contribution >= 0.6 is 0 Å². The van der Waals surface area contributed by atoms with Gasteiger partial charge in [-0.25, -0.2) is 9.78 Å². The zero-order chi connectivity index (χ0) is 20.6. The van der Waals surface area contributed by atoms with Gasteiger partial charge in [0.25, 0.3) is 0 Å². The topological polar surface area (TPSA) is 94.6 Å². The second-order valence-corrected chi connectivity index (χ2v) is 5.97. The molecule has 150 valence electrons. The standard InChI is InChI=1S/C21H22N4O4/c1-27-17-9-8-14(12-18(17)28-2)13-23-19-10-11-22-21(25-19)24-16-7-5-4-6-15(16)20(26)29-3/h4-12H,13H2,1-3H3,(H2,22,23,24,25). The maximum atomic E-state index is 11.9. The molecule has 0 aliphatic carbocycles. The van der Waals surface area contributed by atoms with Crippen molar-refractivity contribution in [3.05, 3.63) is 65.9 Å². The van der Waals surface area contributed by atoms with Crippen molar-refractivity contribution in [2.24, 2.45) is 0 Å². The van der Waals surface area contributed by atoms with Crippen molar-refractivity contribution < 1.29 is 19.0 Å². The Kier molecular flexibility index (Phi) is 6.47. The molecule has 0 radical (unpaired) electrons. The number of methoxy groups -OCH3 is 3. The lowest BCUT2D eigenvalue weighted by Gasteiger charge is -2.12. The minimum Gasteiger partial charge on any atom is -0.493 e. The first-order valence-electron chi connectivity index (χ1n) is 8.86. The van der Waals surface area contributed by atoms with Gasteiger partial charge in [-0.1, -0.05) is 18.2 Å². The molecule has 8 nitrogen and oxygen atoms in total. The summed E-state index contributed by atoms with van der Waals surface area (Å²) in [6.07, 6.45) is 1.63. The Hall–Kier alpha value is -3.81. The van der Waals surface area contributed by atoms with E-state index in [4.69, 9.17) is 14.2 Å². The lowest BCUT2D eigenvalue weighted by molar-refractivity contribution is 0.0602. The van der Waals surface area contributed by atoms with E-state index in [1.807, 2.05) is 24.3 Å². The first kappa shape index (κ1) is 19.9. The van der Waals surface area contributed by atoms with Crippen LogP contribution in [0.3, 0.4) is 0 Å². The summed E-state index contributed by atoms with van der Waals surface area (Å²) >= 11 is 0. The van der Waals surface area contributed by atoms with Crippen LogP contribution < -0.4 is 20.1 Å². The summed E-state index contributed by atoms with van der Waals surface area (Å²) in [6, 6.07) is 14.5. The minimum atomic E-state index is -0.434. The van der Waals surface area contributed by atoms with Gasteiger partial charge in [-0.15, -0.1) is 0 Å². The van der Waals surface area contributed by atoms with E-state index in [2.05, 4.69) is 20.6 Å². The first-order chi connectivity index (χ1) is 14.1. The smallest absolute Gasteiger partial charge is 0.339 e. The normalized spacial score (nSPS) is 10.2. The van der Waals surface area contributed by atoms with E-state index in [1.165, 1.54) is 7.11 Å². The number of para-hydroxylation sites is 1. The van der Waals surface area contributed by atoms with E-state index in [1.54, 1.807) is 44.7 Å². The zero-order valence-corrected chi connectivity index (χ0v) is 16.4. The Morgan fingerprint density at radius 3 is 2.55 bits per heavy atom. The third kappa shape index (κ3) is 4.92. The summed E-state index contributed by atoms with van der Waals surface area (Å²) < 4.78 is 15.4. The number of benzene rings is 2. The minimum absolute atomic E-state index is 0.360. The van der Waals surface area contributed by atoms with Gasteiger partial charge in [0.15, 0.2) is 11.5 Å². The van der Waals surface area contributed by atoms with Gasteiger partial charge in [-0.3, -0.25) is 0 Å². The van der Waals surface area contributed by atoms with Crippen LogP contribution in [0.4, 0.5) is 17.5 Å². The van der Waals surface area contributed by atoms with Gasteiger partial charge in [-0.2, -0.15) is 4.98 Å². The monoisotopic (exact) mass is 394 g/mol. The number of nitrogens with zero attached hydrogens (tertiary/aromatic N) is 2. The van der Waals surface area contributed by atoms with Crippen LogP contribution in [0.5, 0.6) is 11.5 Å². The van der Waals surface area contributed by atoms with Crippen LogP contribution in [0.15, 0.2) is 54.7 Å². The number of hydrogen-bond acceptors (Lipinski definition) is 8. The molecular formula is C21H22N4O4. The predicted octanol–water partition coefficient (Wildman–Crippen LogP) is 3.64. The molecular weight excluding hydrogens is 372 g/mol. The molecule has 0 aliphatic rings. The fourth-order valence-corrected chi connectivity index (χ4v) is 2.70. The van der Waals surface area contributed by atoms with Crippen molar-refractivity contribution >= 4 is 23.4 Å². The number of rotatable bonds is 8. The molecule has 0 saturated heterocycles. The van der Waals surface area contributed by atoms with Crippen molar-refractivity contribution in [3.63, 3.8) is 0 Å². The molecule has 1 aromatic heterocycles. The molecule has 0 unspecified atom stereocenters. The molecule has 1 heterocycles. The van der Waals surface area contributed by atoms with Gasteiger partial charge in [-0.05, 0) is 35.9 Å². The van der Waals surface area contributed by atoms with E-state index in [-0.39, 0.29) is 0 Å². The summed E-state index contributed by atoms with van der Waals surface area (Å²) in [5.41, 5.74) is 1.98. The summed E-state index contributed by atoms with van der Waals surface area (Å²) in [6.45, 7) is 0.537. The number of carbonyl (C=O) groups is 1. The Morgan fingerprint density at radius 1 is 1.00 bits per heavy atom. The van der Waals surface area contributed by atoms with Gasteiger partial charge in [0, 0.05) is 12.7 Å². The van der Waals surface area contributed by atoms with Gasteiger partial charge in [0.05, 0.1) is 32.6 Å². The highest BCUT2D eigenvalue weighted by molar-refractivity contribution is 5.96. The molecule has 2 N–H and O–H groups in total. The van der Waals surface area contributed by atoms with Gasteiger partial charge < -0.3 is 24.8 Å². The Labute approximate surface area is 168 Å². The highest BCUT2D eigenvalue weighted by atomic mass is 16.5. The molecule has 3 aromatic rings. The molecule has 0 spiro atoms. The van der Waals surface area contributed by atoms with Crippen LogP contribution in [0.2, 0.25) is 0 Å². The van der Waals surface area contributed by atoms with E-state index in [0.29, 0.717) is 41.1 Å². The lowest BCUT2D eigenvalue weighted by atomic mass is 10.2. The maximum Gasteiger partial charge on any atom is 0.339 e. The summed E-state index contributed by atoms with van der Waals surface area (Å²) in [4.78, 5) is 20.6.